The fraction of sp³-hybridized carbons (Fsp3) is 0.367. The van der Waals surface area contributed by atoms with Gasteiger partial charge in [-0.2, -0.15) is 4.73 Å². The van der Waals surface area contributed by atoms with E-state index in [0.717, 1.165) is 26.8 Å². The predicted octanol–water partition coefficient (Wildman–Crippen LogP) is 6.67. The van der Waals surface area contributed by atoms with Crippen molar-refractivity contribution < 1.29 is 19.0 Å². The summed E-state index contributed by atoms with van der Waals surface area (Å²) in [6.45, 7) is 9.87. The first-order chi connectivity index (χ1) is 18.0. The third kappa shape index (κ3) is 6.45. The molecule has 38 heavy (non-hydrogen) atoms. The van der Waals surface area contributed by atoms with Crippen molar-refractivity contribution in [2.24, 2.45) is 5.92 Å². The maximum Gasteiger partial charge on any atom is 0.419 e. The van der Waals surface area contributed by atoms with Crippen LogP contribution in [0.4, 0.5) is 4.79 Å². The molecule has 0 radical (unpaired) electrons. The van der Waals surface area contributed by atoms with Crippen LogP contribution in [0.1, 0.15) is 57.1 Å². The molecule has 0 atom stereocenters. The van der Waals surface area contributed by atoms with Crippen molar-refractivity contribution in [1.29, 1.82) is 0 Å². The van der Waals surface area contributed by atoms with Gasteiger partial charge in [0.1, 0.15) is 17.9 Å². The highest BCUT2D eigenvalue weighted by molar-refractivity contribution is 6.29. The van der Waals surface area contributed by atoms with Crippen molar-refractivity contribution in [3.05, 3.63) is 93.7 Å². The highest BCUT2D eigenvalue weighted by Crippen LogP contribution is 2.27. The Balaban J connectivity index is 1.64. The zero-order chi connectivity index (χ0) is 27.4. The Hall–Kier alpha value is -3.58. The summed E-state index contributed by atoms with van der Waals surface area (Å²) in [4.78, 5) is 17.6. The summed E-state index contributed by atoms with van der Waals surface area (Å²) in [5, 5.41) is 14.2. The number of rotatable bonds is 8. The Labute approximate surface area is 228 Å². The van der Waals surface area contributed by atoms with Gasteiger partial charge in [0.25, 0.3) is 11.6 Å². The van der Waals surface area contributed by atoms with E-state index in [0.29, 0.717) is 43.1 Å². The molecule has 4 rings (SSSR count). The second-order valence-corrected chi connectivity index (χ2v) is 11.1. The van der Waals surface area contributed by atoms with Crippen LogP contribution in [0.2, 0.25) is 5.15 Å². The first-order valence-corrected chi connectivity index (χ1v) is 13.2. The molecule has 2 aromatic carbocycles. The van der Waals surface area contributed by atoms with E-state index in [-0.39, 0.29) is 11.1 Å². The maximum atomic E-state index is 13.2. The molecule has 0 spiro atoms. The topological polar surface area (TPSA) is 80.3 Å². The molecule has 2 heterocycles. The molecule has 0 saturated heterocycles. The third-order valence-electron chi connectivity index (χ3n) is 5.98. The summed E-state index contributed by atoms with van der Waals surface area (Å²) in [6, 6.07) is 17.4. The second-order valence-electron chi connectivity index (χ2n) is 10.8. The van der Waals surface area contributed by atoms with Gasteiger partial charge in [-0.15, -0.1) is 0 Å². The first-order valence-electron chi connectivity index (χ1n) is 12.8. The number of halogens is 1. The monoisotopic (exact) mass is 535 g/mol. The lowest BCUT2D eigenvalue weighted by Gasteiger charge is -2.19. The second kappa shape index (κ2) is 11.4. The molecule has 0 aliphatic carbocycles. The zero-order valence-electron chi connectivity index (χ0n) is 22.5. The Kier molecular flexibility index (Phi) is 8.26. The van der Waals surface area contributed by atoms with Crippen LogP contribution >= 0.6 is 11.6 Å². The molecule has 4 aromatic rings. The van der Waals surface area contributed by atoms with Gasteiger partial charge in [0.05, 0.1) is 5.52 Å². The lowest BCUT2D eigenvalue weighted by molar-refractivity contribution is -0.613. The summed E-state index contributed by atoms with van der Waals surface area (Å²) < 4.78 is 13.9. The first kappa shape index (κ1) is 27.5. The molecule has 0 bridgehead atoms. The Morgan fingerprint density at radius 1 is 1.08 bits per heavy atom. The van der Waals surface area contributed by atoms with Gasteiger partial charge in [0.15, 0.2) is 0 Å². The number of nitrogens with zero attached hydrogens (tertiary/aromatic N) is 3. The van der Waals surface area contributed by atoms with Crippen molar-refractivity contribution in [2.75, 3.05) is 0 Å². The molecule has 0 aliphatic heterocycles. The number of carbonyl (C=O) groups excluding carboxylic acids is 1. The fourth-order valence-corrected chi connectivity index (χ4v) is 4.52. The van der Waals surface area contributed by atoms with E-state index in [1.165, 1.54) is 4.57 Å². The van der Waals surface area contributed by atoms with Crippen molar-refractivity contribution in [3.63, 3.8) is 0 Å². The smallest absolute Gasteiger partial charge is 0.419 e. The summed E-state index contributed by atoms with van der Waals surface area (Å²) in [5.41, 5.74) is 2.93. The average Bonchev–Trinajstić information content (AvgIpc) is 3.24. The van der Waals surface area contributed by atoms with Crippen molar-refractivity contribution in [1.82, 2.24) is 9.55 Å². The Morgan fingerprint density at radius 3 is 2.45 bits per heavy atom. The fourth-order valence-electron chi connectivity index (χ4n) is 4.28. The van der Waals surface area contributed by atoms with Gasteiger partial charge >= 0.3 is 11.2 Å². The van der Waals surface area contributed by atoms with Crippen LogP contribution in [0, 0.1) is 11.1 Å². The van der Waals surface area contributed by atoms with Gasteiger partial charge in [0.2, 0.25) is 0 Å². The summed E-state index contributed by atoms with van der Waals surface area (Å²) in [7, 11) is 0. The number of aromatic nitrogens is 3. The van der Waals surface area contributed by atoms with E-state index in [1.54, 1.807) is 6.20 Å². The van der Waals surface area contributed by atoms with E-state index in [1.807, 2.05) is 89.2 Å². The Morgan fingerprint density at radius 2 is 1.76 bits per heavy atom. The largest absolute Gasteiger partial charge is 0.617 e. The molecular weight excluding hydrogens is 502 g/mol. The van der Waals surface area contributed by atoms with Crippen LogP contribution in [0.25, 0.3) is 10.9 Å². The number of para-hydroxylation sites is 1. The van der Waals surface area contributed by atoms with Crippen molar-refractivity contribution in [2.45, 2.75) is 66.1 Å². The molecule has 2 aromatic heterocycles. The number of aryl methyl sites for hydroxylation is 2. The number of carbonyl (C=O) groups is 1. The van der Waals surface area contributed by atoms with Gasteiger partial charge in [-0.3, -0.25) is 4.57 Å². The number of hydrogen-bond acceptors (Lipinski definition) is 5. The molecule has 0 saturated carbocycles. The van der Waals surface area contributed by atoms with E-state index < -0.39 is 11.7 Å². The molecule has 7 nitrogen and oxygen atoms in total. The SMILES string of the molecule is CC(C)Cc1c(OCc2ccccc2)nc(CCc2cn(C(=O)OC(C)(C)C)c3ccccc23)c(Cl)[n+]1[O-]. The van der Waals surface area contributed by atoms with Gasteiger partial charge in [-0.05, 0) is 61.9 Å². The van der Waals surface area contributed by atoms with E-state index in [4.69, 9.17) is 26.1 Å². The predicted molar refractivity (Wildman–Crippen MR) is 149 cm³/mol. The van der Waals surface area contributed by atoms with Crippen molar-refractivity contribution >= 4 is 28.6 Å². The van der Waals surface area contributed by atoms with Gasteiger partial charge < -0.3 is 14.7 Å². The van der Waals surface area contributed by atoms with Crippen LogP contribution < -0.4 is 9.47 Å². The van der Waals surface area contributed by atoms with Crippen molar-refractivity contribution in [3.8, 4) is 5.88 Å². The van der Waals surface area contributed by atoms with Crippen LogP contribution in [0.5, 0.6) is 5.88 Å². The van der Waals surface area contributed by atoms with E-state index in [9.17, 15) is 10.0 Å². The molecule has 0 amide bonds. The summed E-state index contributed by atoms with van der Waals surface area (Å²) >= 11 is 6.54. The highest BCUT2D eigenvalue weighted by Gasteiger charge is 2.26. The van der Waals surface area contributed by atoms with Crippen LogP contribution in [-0.2, 0) is 30.6 Å². The van der Waals surface area contributed by atoms with Gasteiger partial charge in [-0.1, -0.05) is 62.4 Å². The van der Waals surface area contributed by atoms with Gasteiger partial charge in [-0.25, -0.2) is 9.78 Å². The molecule has 8 heteroatoms. The number of benzene rings is 2. The molecule has 0 fully saturated rings. The van der Waals surface area contributed by atoms with Crippen LogP contribution in [0.3, 0.4) is 0 Å². The minimum Gasteiger partial charge on any atom is -0.617 e. The molecule has 200 valence electrons. The van der Waals surface area contributed by atoms with E-state index >= 15 is 0 Å². The Bertz CT molecular complexity index is 1430. The molecule has 0 N–H and O–H groups in total. The quantitative estimate of drug-likeness (QED) is 0.186. The number of ether oxygens (including phenoxy) is 2. The zero-order valence-corrected chi connectivity index (χ0v) is 23.3. The molecular formula is C30H34ClN3O4. The van der Waals surface area contributed by atoms with E-state index in [2.05, 4.69) is 0 Å². The summed E-state index contributed by atoms with van der Waals surface area (Å²) in [5.74, 6) is 0.519. The third-order valence-corrected chi connectivity index (χ3v) is 6.35. The summed E-state index contributed by atoms with van der Waals surface area (Å²) in [6.07, 6.45) is 2.75. The standard InChI is InChI=1S/C30H34ClN3O4/c1-20(2)17-26-28(37-19-21-11-7-6-8-12-21)32-24(27(31)34(26)36)16-15-22-18-33(29(35)38-30(3,4)5)25-14-10-9-13-23(22)25/h6-14,18,20H,15-17,19H2,1-5H3. The molecule has 0 unspecified atom stereocenters. The number of hydrogen-bond donors (Lipinski definition) is 0. The minimum atomic E-state index is -0.615. The maximum absolute atomic E-state index is 13.2. The molecule has 0 aliphatic rings. The van der Waals surface area contributed by atoms with Gasteiger partial charge in [0, 0.05) is 24.4 Å². The normalized spacial score (nSPS) is 11.8. The number of fused-ring (bicyclic) bond motifs is 1. The minimum absolute atomic E-state index is 0.0450. The highest BCUT2D eigenvalue weighted by atomic mass is 35.5. The van der Waals surface area contributed by atoms with Crippen LogP contribution in [-0.4, -0.2) is 21.2 Å². The van der Waals surface area contributed by atoms with Crippen LogP contribution in [0.15, 0.2) is 60.8 Å². The average molecular weight is 536 g/mol. The lowest BCUT2D eigenvalue weighted by Crippen LogP contribution is -2.37. The lowest BCUT2D eigenvalue weighted by atomic mass is 10.1.